The van der Waals surface area contributed by atoms with Crippen molar-refractivity contribution in [2.24, 2.45) is 0 Å². The number of terminal acetylenes is 1. The molecule has 1 N–H and O–H groups in total. The van der Waals surface area contributed by atoms with Crippen molar-refractivity contribution in [3.63, 3.8) is 0 Å². The average molecular weight is 169 g/mol. The van der Waals surface area contributed by atoms with Crippen molar-refractivity contribution in [1.82, 2.24) is 4.90 Å². The number of nitrogens with zero attached hydrogens (tertiary/aromatic N) is 1. The Morgan fingerprint density at radius 2 is 2.58 bits per heavy atom. The Morgan fingerprint density at radius 1 is 1.83 bits per heavy atom. The Labute approximate surface area is 71.1 Å². The molecule has 1 fully saturated rings. The van der Waals surface area contributed by atoms with Crippen LogP contribution in [0.25, 0.3) is 0 Å². The van der Waals surface area contributed by atoms with Crippen LogP contribution >= 0.6 is 0 Å². The zero-order chi connectivity index (χ0) is 8.97. The van der Waals surface area contributed by atoms with Gasteiger partial charge in [0.25, 0.3) is 0 Å². The largest absolute Gasteiger partial charge is 0.436 e. The predicted molar refractivity (Wildman–Crippen MR) is 42.4 cm³/mol. The van der Waals surface area contributed by atoms with Gasteiger partial charge < -0.3 is 14.7 Å². The SMILES string of the molecule is C#CCOC(=O)N1CC[C@H](O)C1. The number of aliphatic hydroxyl groups excluding tert-OH is 1. The number of hydrogen-bond donors (Lipinski definition) is 1. The highest BCUT2D eigenvalue weighted by Crippen LogP contribution is 2.09. The van der Waals surface area contributed by atoms with E-state index < -0.39 is 12.2 Å². The molecule has 4 heteroatoms. The van der Waals surface area contributed by atoms with E-state index in [0.29, 0.717) is 19.5 Å². The number of carbonyl (C=O) groups excluding carboxylic acids is 1. The van der Waals surface area contributed by atoms with Crippen LogP contribution in [-0.4, -0.2) is 41.9 Å². The van der Waals surface area contributed by atoms with E-state index in [1.165, 1.54) is 4.90 Å². The number of likely N-dealkylation sites (tertiary alicyclic amines) is 1. The summed E-state index contributed by atoms with van der Waals surface area (Å²) in [4.78, 5) is 12.5. The van der Waals surface area contributed by atoms with E-state index in [9.17, 15) is 4.79 Å². The van der Waals surface area contributed by atoms with Gasteiger partial charge >= 0.3 is 6.09 Å². The van der Waals surface area contributed by atoms with Crippen LogP contribution in [0.4, 0.5) is 4.79 Å². The molecule has 4 nitrogen and oxygen atoms in total. The molecule has 66 valence electrons. The summed E-state index contributed by atoms with van der Waals surface area (Å²) in [5.74, 6) is 2.20. The second-order valence-electron chi connectivity index (χ2n) is 2.65. The van der Waals surface area contributed by atoms with Crippen molar-refractivity contribution in [3.05, 3.63) is 0 Å². The predicted octanol–water partition coefficient (Wildman–Crippen LogP) is -0.177. The molecule has 1 rings (SSSR count). The number of carbonyl (C=O) groups is 1. The van der Waals surface area contributed by atoms with E-state index in [0.717, 1.165) is 0 Å². The number of hydrogen-bond acceptors (Lipinski definition) is 3. The third-order valence-electron chi connectivity index (χ3n) is 1.70. The molecule has 0 aromatic carbocycles. The fourth-order valence-electron chi connectivity index (χ4n) is 1.10. The molecular weight excluding hydrogens is 158 g/mol. The third-order valence-corrected chi connectivity index (χ3v) is 1.70. The minimum absolute atomic E-state index is 0.00850. The summed E-state index contributed by atoms with van der Waals surface area (Å²) in [6.07, 6.45) is 4.67. The van der Waals surface area contributed by atoms with Crippen LogP contribution in [0.2, 0.25) is 0 Å². The third kappa shape index (κ3) is 2.14. The molecule has 0 aliphatic carbocycles. The lowest BCUT2D eigenvalue weighted by Gasteiger charge is -2.13. The Kier molecular flexibility index (Phi) is 2.94. The van der Waals surface area contributed by atoms with Crippen LogP contribution in [0.1, 0.15) is 6.42 Å². The van der Waals surface area contributed by atoms with Crippen LogP contribution in [0, 0.1) is 12.3 Å². The zero-order valence-electron chi connectivity index (χ0n) is 6.69. The molecule has 0 aromatic heterocycles. The fraction of sp³-hybridized carbons (Fsp3) is 0.625. The Balaban J connectivity index is 2.29. The van der Waals surface area contributed by atoms with E-state index in [-0.39, 0.29) is 6.61 Å². The van der Waals surface area contributed by atoms with Gasteiger partial charge in [0, 0.05) is 13.1 Å². The highest BCUT2D eigenvalue weighted by atomic mass is 16.6. The maximum atomic E-state index is 11.0. The molecule has 12 heavy (non-hydrogen) atoms. The summed E-state index contributed by atoms with van der Waals surface area (Å²) < 4.78 is 4.66. The molecule has 1 aliphatic heterocycles. The van der Waals surface area contributed by atoms with Gasteiger partial charge in [0.05, 0.1) is 6.10 Å². The topological polar surface area (TPSA) is 49.8 Å². The van der Waals surface area contributed by atoms with Gasteiger partial charge in [-0.2, -0.15) is 0 Å². The molecule has 0 saturated carbocycles. The summed E-state index contributed by atoms with van der Waals surface area (Å²) in [6, 6.07) is 0. The maximum Gasteiger partial charge on any atom is 0.410 e. The van der Waals surface area contributed by atoms with E-state index >= 15 is 0 Å². The molecule has 1 amide bonds. The average Bonchev–Trinajstić information content (AvgIpc) is 2.47. The highest BCUT2D eigenvalue weighted by Gasteiger charge is 2.25. The van der Waals surface area contributed by atoms with Crippen molar-refractivity contribution >= 4 is 6.09 Å². The van der Waals surface area contributed by atoms with Gasteiger partial charge in [-0.25, -0.2) is 4.79 Å². The number of ether oxygens (including phenoxy) is 1. The molecule has 1 atom stereocenters. The van der Waals surface area contributed by atoms with E-state index in [2.05, 4.69) is 10.7 Å². The first-order valence-electron chi connectivity index (χ1n) is 3.77. The molecule has 0 aromatic rings. The number of aliphatic hydroxyl groups is 1. The van der Waals surface area contributed by atoms with Gasteiger partial charge in [-0.15, -0.1) is 6.42 Å². The van der Waals surface area contributed by atoms with Gasteiger partial charge in [0.1, 0.15) is 0 Å². The van der Waals surface area contributed by atoms with Crippen LogP contribution < -0.4 is 0 Å². The van der Waals surface area contributed by atoms with Crippen molar-refractivity contribution in [2.75, 3.05) is 19.7 Å². The molecular formula is C8H11NO3. The lowest BCUT2D eigenvalue weighted by atomic mass is 10.3. The number of β-amino-alcohol motifs (C(OH)–C–C–N with tert-alkyl or cyclic N) is 1. The van der Waals surface area contributed by atoms with Crippen molar-refractivity contribution in [1.29, 1.82) is 0 Å². The van der Waals surface area contributed by atoms with Crippen LogP contribution in [0.3, 0.4) is 0 Å². The van der Waals surface area contributed by atoms with E-state index in [4.69, 9.17) is 11.5 Å². The summed E-state index contributed by atoms with van der Waals surface area (Å²) >= 11 is 0. The molecule has 0 spiro atoms. The van der Waals surface area contributed by atoms with Gasteiger partial charge in [-0.1, -0.05) is 5.92 Å². The van der Waals surface area contributed by atoms with Crippen molar-refractivity contribution < 1.29 is 14.6 Å². The first kappa shape index (κ1) is 8.88. The van der Waals surface area contributed by atoms with Crippen LogP contribution in [-0.2, 0) is 4.74 Å². The smallest absolute Gasteiger partial charge is 0.410 e. The van der Waals surface area contributed by atoms with Gasteiger partial charge in [0.15, 0.2) is 6.61 Å². The van der Waals surface area contributed by atoms with Crippen molar-refractivity contribution in [3.8, 4) is 12.3 Å². The Morgan fingerprint density at radius 3 is 3.08 bits per heavy atom. The summed E-state index contributed by atoms with van der Waals surface area (Å²) in [6.45, 7) is 0.888. The molecule has 0 unspecified atom stereocenters. The van der Waals surface area contributed by atoms with E-state index in [1.54, 1.807) is 0 Å². The van der Waals surface area contributed by atoms with Gasteiger partial charge in [-0.3, -0.25) is 0 Å². The summed E-state index contributed by atoms with van der Waals surface area (Å²) in [5, 5.41) is 9.08. The maximum absolute atomic E-state index is 11.0. The van der Waals surface area contributed by atoms with Gasteiger partial charge in [-0.05, 0) is 6.42 Å². The number of amides is 1. The van der Waals surface area contributed by atoms with Crippen LogP contribution in [0.15, 0.2) is 0 Å². The molecule has 1 aliphatic rings. The highest BCUT2D eigenvalue weighted by molar-refractivity contribution is 5.68. The second-order valence-corrected chi connectivity index (χ2v) is 2.65. The minimum Gasteiger partial charge on any atom is -0.436 e. The minimum atomic E-state index is -0.440. The molecule has 0 bridgehead atoms. The Bertz CT molecular complexity index is 209. The monoisotopic (exact) mass is 169 g/mol. The Hall–Kier alpha value is -1.21. The summed E-state index contributed by atoms with van der Waals surface area (Å²) in [5.41, 5.74) is 0. The molecule has 1 saturated heterocycles. The lowest BCUT2D eigenvalue weighted by molar-refractivity contribution is 0.113. The van der Waals surface area contributed by atoms with Crippen LogP contribution in [0.5, 0.6) is 0 Å². The zero-order valence-corrected chi connectivity index (χ0v) is 6.69. The first-order valence-corrected chi connectivity index (χ1v) is 3.77. The first-order chi connectivity index (χ1) is 5.74. The normalized spacial score (nSPS) is 22.0. The fourth-order valence-corrected chi connectivity index (χ4v) is 1.10. The van der Waals surface area contributed by atoms with Crippen molar-refractivity contribution in [2.45, 2.75) is 12.5 Å². The number of rotatable bonds is 1. The second kappa shape index (κ2) is 3.98. The van der Waals surface area contributed by atoms with E-state index in [1.807, 2.05) is 0 Å². The van der Waals surface area contributed by atoms with Gasteiger partial charge in [0.2, 0.25) is 0 Å². The molecule has 1 heterocycles. The lowest BCUT2D eigenvalue weighted by Crippen LogP contribution is -2.30. The summed E-state index contributed by atoms with van der Waals surface area (Å²) in [7, 11) is 0. The standard InChI is InChI=1S/C8H11NO3/c1-2-5-12-8(11)9-4-3-7(10)6-9/h1,7,10H,3-6H2/t7-/m0/s1. The quantitative estimate of drug-likeness (QED) is 0.554. The molecule has 0 radical (unpaired) electrons.